The van der Waals surface area contributed by atoms with Gasteiger partial charge < -0.3 is 4.74 Å². The fraction of sp³-hybridized carbons (Fsp3) is 0.727. The monoisotopic (exact) mass is 182 g/mol. The van der Waals surface area contributed by atoms with E-state index in [1.807, 2.05) is 6.08 Å². The third-order valence-electron chi connectivity index (χ3n) is 2.23. The number of carbonyl (C=O) groups excluding carboxylic acids is 1. The SMILES string of the molecule is CCCC/C=C/[C@H]1CCCC(=O)O1. The zero-order valence-corrected chi connectivity index (χ0v) is 8.29. The first kappa shape index (κ1) is 10.3. The van der Waals surface area contributed by atoms with Gasteiger partial charge in [0.15, 0.2) is 0 Å². The standard InChI is InChI=1S/C11H18O2/c1-2-3-4-5-7-10-8-6-9-11(12)13-10/h5,7,10H,2-4,6,8-9H2,1H3/b7-5+/t10-/m0/s1. The molecule has 1 fully saturated rings. The number of allylic oxidation sites excluding steroid dienone is 1. The highest BCUT2D eigenvalue weighted by atomic mass is 16.5. The van der Waals surface area contributed by atoms with Crippen LogP contribution in [0.2, 0.25) is 0 Å². The molecule has 0 amide bonds. The number of cyclic esters (lactones) is 1. The van der Waals surface area contributed by atoms with Gasteiger partial charge in [-0.3, -0.25) is 4.79 Å². The molecule has 0 spiro atoms. The second-order valence-corrected chi connectivity index (χ2v) is 3.49. The van der Waals surface area contributed by atoms with Gasteiger partial charge in [-0.15, -0.1) is 0 Å². The Kier molecular flexibility index (Phi) is 4.58. The number of rotatable bonds is 4. The van der Waals surface area contributed by atoms with E-state index >= 15 is 0 Å². The Hall–Kier alpha value is -0.790. The molecule has 0 saturated carbocycles. The van der Waals surface area contributed by atoms with Crippen molar-refractivity contribution in [3.05, 3.63) is 12.2 Å². The molecule has 2 nitrogen and oxygen atoms in total. The maximum Gasteiger partial charge on any atom is 0.306 e. The molecule has 0 N–H and O–H groups in total. The summed E-state index contributed by atoms with van der Waals surface area (Å²) >= 11 is 0. The van der Waals surface area contributed by atoms with E-state index in [1.54, 1.807) is 0 Å². The van der Waals surface area contributed by atoms with Crippen molar-refractivity contribution < 1.29 is 9.53 Å². The summed E-state index contributed by atoms with van der Waals surface area (Å²) in [5, 5.41) is 0. The molecule has 0 unspecified atom stereocenters. The highest BCUT2D eigenvalue weighted by Gasteiger charge is 2.16. The fourth-order valence-corrected chi connectivity index (χ4v) is 1.44. The van der Waals surface area contributed by atoms with Gasteiger partial charge in [0, 0.05) is 6.42 Å². The average molecular weight is 182 g/mol. The summed E-state index contributed by atoms with van der Waals surface area (Å²) in [5.74, 6) is -0.0450. The third-order valence-corrected chi connectivity index (χ3v) is 2.23. The van der Waals surface area contributed by atoms with E-state index in [1.165, 1.54) is 12.8 Å². The lowest BCUT2D eigenvalue weighted by Gasteiger charge is -2.18. The van der Waals surface area contributed by atoms with Crippen molar-refractivity contribution in [2.45, 2.75) is 51.6 Å². The predicted octanol–water partition coefficient (Wildman–Crippen LogP) is 2.83. The number of ether oxygens (including phenoxy) is 1. The molecule has 0 aromatic carbocycles. The number of hydrogen-bond acceptors (Lipinski definition) is 2. The summed E-state index contributed by atoms with van der Waals surface area (Å²) in [5.41, 5.74) is 0. The van der Waals surface area contributed by atoms with Gasteiger partial charge in [-0.2, -0.15) is 0 Å². The average Bonchev–Trinajstić information content (AvgIpc) is 2.13. The minimum absolute atomic E-state index is 0.0450. The molecule has 1 atom stereocenters. The molecule has 1 aliphatic rings. The topological polar surface area (TPSA) is 26.3 Å². The molecule has 1 aliphatic heterocycles. The largest absolute Gasteiger partial charge is 0.458 e. The zero-order chi connectivity index (χ0) is 9.52. The van der Waals surface area contributed by atoms with Crippen LogP contribution in [0.1, 0.15) is 45.4 Å². The second kappa shape index (κ2) is 5.79. The molecule has 1 rings (SSSR count). The van der Waals surface area contributed by atoms with Crippen LogP contribution in [0, 0.1) is 0 Å². The minimum Gasteiger partial charge on any atom is -0.458 e. The van der Waals surface area contributed by atoms with Crippen LogP contribution in [0.4, 0.5) is 0 Å². The molecule has 0 aromatic rings. The lowest BCUT2D eigenvalue weighted by atomic mass is 10.1. The summed E-state index contributed by atoms with van der Waals surface area (Å²) in [6, 6.07) is 0. The Balaban J connectivity index is 2.19. The Labute approximate surface area is 80.0 Å². The van der Waals surface area contributed by atoms with Crippen LogP contribution in [-0.2, 0) is 9.53 Å². The van der Waals surface area contributed by atoms with E-state index in [2.05, 4.69) is 13.0 Å². The molecule has 1 saturated heterocycles. The predicted molar refractivity (Wildman–Crippen MR) is 52.4 cm³/mol. The lowest BCUT2D eigenvalue weighted by molar-refractivity contribution is -0.150. The lowest BCUT2D eigenvalue weighted by Crippen LogP contribution is -2.21. The van der Waals surface area contributed by atoms with Crippen molar-refractivity contribution in [1.29, 1.82) is 0 Å². The molecular weight excluding hydrogens is 164 g/mol. The molecule has 0 aromatic heterocycles. The van der Waals surface area contributed by atoms with Crippen LogP contribution in [0.5, 0.6) is 0 Å². The molecule has 1 heterocycles. The van der Waals surface area contributed by atoms with E-state index in [0.717, 1.165) is 19.3 Å². The smallest absolute Gasteiger partial charge is 0.306 e. The van der Waals surface area contributed by atoms with Gasteiger partial charge in [0.05, 0.1) is 0 Å². The molecule has 0 bridgehead atoms. The first-order chi connectivity index (χ1) is 6.33. The first-order valence-corrected chi connectivity index (χ1v) is 5.19. The van der Waals surface area contributed by atoms with E-state index in [0.29, 0.717) is 6.42 Å². The fourth-order valence-electron chi connectivity index (χ4n) is 1.44. The van der Waals surface area contributed by atoms with E-state index in [4.69, 9.17) is 4.74 Å². The normalized spacial score (nSPS) is 23.5. The van der Waals surface area contributed by atoms with Crippen LogP contribution in [0.15, 0.2) is 12.2 Å². The van der Waals surface area contributed by atoms with Crippen molar-refractivity contribution in [1.82, 2.24) is 0 Å². The molecule has 2 heteroatoms. The van der Waals surface area contributed by atoms with Crippen LogP contribution in [-0.4, -0.2) is 12.1 Å². The number of carbonyl (C=O) groups is 1. The van der Waals surface area contributed by atoms with Gasteiger partial charge in [-0.25, -0.2) is 0 Å². The maximum atomic E-state index is 10.9. The van der Waals surface area contributed by atoms with Crippen LogP contribution in [0.3, 0.4) is 0 Å². The Morgan fingerprint density at radius 1 is 1.62 bits per heavy atom. The highest BCUT2D eigenvalue weighted by molar-refractivity contribution is 5.70. The van der Waals surface area contributed by atoms with Crippen molar-refractivity contribution in [3.63, 3.8) is 0 Å². The Morgan fingerprint density at radius 3 is 3.15 bits per heavy atom. The number of unbranched alkanes of at least 4 members (excludes halogenated alkanes) is 2. The van der Waals surface area contributed by atoms with Gasteiger partial charge >= 0.3 is 5.97 Å². The molecule has 13 heavy (non-hydrogen) atoms. The van der Waals surface area contributed by atoms with Gasteiger partial charge in [0.1, 0.15) is 6.10 Å². The number of esters is 1. The van der Waals surface area contributed by atoms with Crippen molar-refractivity contribution in [2.75, 3.05) is 0 Å². The van der Waals surface area contributed by atoms with Crippen molar-refractivity contribution in [2.24, 2.45) is 0 Å². The van der Waals surface area contributed by atoms with Crippen LogP contribution >= 0.6 is 0 Å². The summed E-state index contributed by atoms with van der Waals surface area (Å²) in [7, 11) is 0. The summed E-state index contributed by atoms with van der Waals surface area (Å²) in [6.07, 6.45) is 10.3. The second-order valence-electron chi connectivity index (χ2n) is 3.49. The summed E-state index contributed by atoms with van der Waals surface area (Å²) < 4.78 is 5.14. The quantitative estimate of drug-likeness (QED) is 0.379. The van der Waals surface area contributed by atoms with E-state index < -0.39 is 0 Å². The molecule has 74 valence electrons. The number of hydrogen-bond donors (Lipinski definition) is 0. The summed E-state index contributed by atoms with van der Waals surface area (Å²) in [6.45, 7) is 2.18. The van der Waals surface area contributed by atoms with E-state index in [-0.39, 0.29) is 12.1 Å². The van der Waals surface area contributed by atoms with Crippen molar-refractivity contribution >= 4 is 5.97 Å². The maximum absolute atomic E-state index is 10.9. The molecular formula is C11H18O2. The molecule has 0 radical (unpaired) electrons. The van der Waals surface area contributed by atoms with Gasteiger partial charge in [0.2, 0.25) is 0 Å². The zero-order valence-electron chi connectivity index (χ0n) is 8.29. The Morgan fingerprint density at radius 2 is 2.46 bits per heavy atom. The highest BCUT2D eigenvalue weighted by Crippen LogP contribution is 2.15. The first-order valence-electron chi connectivity index (χ1n) is 5.19. The summed E-state index contributed by atoms with van der Waals surface area (Å²) in [4.78, 5) is 10.9. The van der Waals surface area contributed by atoms with Gasteiger partial charge in [-0.1, -0.05) is 25.8 Å². The third kappa shape index (κ3) is 4.11. The minimum atomic E-state index is -0.0450. The van der Waals surface area contributed by atoms with Gasteiger partial charge in [-0.05, 0) is 25.3 Å². The van der Waals surface area contributed by atoms with Gasteiger partial charge in [0.25, 0.3) is 0 Å². The van der Waals surface area contributed by atoms with Crippen molar-refractivity contribution in [3.8, 4) is 0 Å². The van der Waals surface area contributed by atoms with Crippen LogP contribution < -0.4 is 0 Å². The Bertz CT molecular complexity index is 185. The van der Waals surface area contributed by atoms with E-state index in [9.17, 15) is 4.79 Å². The van der Waals surface area contributed by atoms with Crippen LogP contribution in [0.25, 0.3) is 0 Å². The molecule has 0 aliphatic carbocycles.